The molecule has 0 aromatic carbocycles. The molecule has 0 rings (SSSR count). The third kappa shape index (κ3) is 11.1. The van der Waals surface area contributed by atoms with Crippen LogP contribution in [-0.4, -0.2) is 46.0 Å². The zero-order valence-electron chi connectivity index (χ0n) is 11.4. The van der Waals surface area contributed by atoms with Crippen molar-refractivity contribution < 1.29 is 48.5 Å². The Balaban J connectivity index is 3.92. The standard InChI is InChI=1S/C12H14O10/c13-7(14)1-3-9(17)21-11(19)5-6-12(20)22-10(18)4-2-8(15)16/h1-6H2,(H,13,14)(H,15,16). The Morgan fingerprint density at radius 2 is 0.727 bits per heavy atom. The maximum atomic E-state index is 11.1. The van der Waals surface area contributed by atoms with Crippen molar-refractivity contribution in [3.8, 4) is 0 Å². The van der Waals surface area contributed by atoms with Crippen LogP contribution in [0.2, 0.25) is 0 Å². The van der Waals surface area contributed by atoms with Crippen molar-refractivity contribution in [3.63, 3.8) is 0 Å². The van der Waals surface area contributed by atoms with Gasteiger partial charge in [0.15, 0.2) is 0 Å². The summed E-state index contributed by atoms with van der Waals surface area (Å²) in [6.07, 6.45) is -3.04. The number of esters is 4. The molecule has 10 heteroatoms. The van der Waals surface area contributed by atoms with Gasteiger partial charge in [0.2, 0.25) is 0 Å². The second-order valence-corrected chi connectivity index (χ2v) is 3.98. The van der Waals surface area contributed by atoms with Gasteiger partial charge in [0.05, 0.1) is 38.5 Å². The summed E-state index contributed by atoms with van der Waals surface area (Å²) in [5.41, 5.74) is 0. The topological polar surface area (TPSA) is 161 Å². The van der Waals surface area contributed by atoms with Gasteiger partial charge in [0.1, 0.15) is 0 Å². The molecular weight excluding hydrogens is 304 g/mol. The summed E-state index contributed by atoms with van der Waals surface area (Å²) in [6.45, 7) is 0. The monoisotopic (exact) mass is 318 g/mol. The van der Waals surface area contributed by atoms with E-state index < -0.39 is 74.3 Å². The summed E-state index contributed by atoms with van der Waals surface area (Å²) in [5, 5.41) is 16.6. The highest BCUT2D eigenvalue weighted by Crippen LogP contribution is 2.01. The number of rotatable bonds is 9. The maximum Gasteiger partial charge on any atom is 0.314 e. The Kier molecular flexibility index (Phi) is 8.75. The van der Waals surface area contributed by atoms with E-state index in [2.05, 4.69) is 9.47 Å². The first kappa shape index (κ1) is 19.2. The summed E-state index contributed by atoms with van der Waals surface area (Å²) in [4.78, 5) is 64.6. The molecule has 10 nitrogen and oxygen atoms in total. The van der Waals surface area contributed by atoms with Crippen molar-refractivity contribution >= 4 is 35.8 Å². The van der Waals surface area contributed by atoms with Crippen LogP contribution in [0.4, 0.5) is 0 Å². The van der Waals surface area contributed by atoms with Crippen LogP contribution in [0.5, 0.6) is 0 Å². The number of hydrogen-bond acceptors (Lipinski definition) is 8. The lowest BCUT2D eigenvalue weighted by atomic mass is 10.3. The van der Waals surface area contributed by atoms with Crippen LogP contribution in [0.25, 0.3) is 0 Å². The van der Waals surface area contributed by atoms with Crippen LogP contribution in [0.3, 0.4) is 0 Å². The lowest BCUT2D eigenvalue weighted by molar-refractivity contribution is -0.165. The summed E-state index contributed by atoms with van der Waals surface area (Å²) in [6, 6.07) is 0. The second kappa shape index (κ2) is 10.0. The van der Waals surface area contributed by atoms with Gasteiger partial charge in [0, 0.05) is 0 Å². The quantitative estimate of drug-likeness (QED) is 0.424. The fourth-order valence-corrected chi connectivity index (χ4v) is 1.08. The molecule has 0 heterocycles. The van der Waals surface area contributed by atoms with E-state index >= 15 is 0 Å². The summed E-state index contributed by atoms with van der Waals surface area (Å²) in [7, 11) is 0. The number of carboxylic acid groups (broad SMARTS) is 2. The number of ether oxygens (including phenoxy) is 2. The number of carbonyl (C=O) groups excluding carboxylic acids is 4. The molecule has 0 bridgehead atoms. The number of hydrogen-bond donors (Lipinski definition) is 2. The van der Waals surface area contributed by atoms with Crippen LogP contribution >= 0.6 is 0 Å². The van der Waals surface area contributed by atoms with Gasteiger partial charge < -0.3 is 19.7 Å². The summed E-state index contributed by atoms with van der Waals surface area (Å²) >= 11 is 0. The van der Waals surface area contributed by atoms with Crippen LogP contribution in [-0.2, 0) is 38.2 Å². The van der Waals surface area contributed by atoms with E-state index in [1.807, 2.05) is 0 Å². The van der Waals surface area contributed by atoms with Crippen LogP contribution in [0.1, 0.15) is 38.5 Å². The molecule has 0 saturated heterocycles. The lowest BCUT2D eigenvalue weighted by Gasteiger charge is -2.03. The molecule has 0 spiro atoms. The number of carbonyl (C=O) groups is 6. The molecule has 0 aliphatic heterocycles. The van der Waals surface area contributed by atoms with Gasteiger partial charge in [-0.15, -0.1) is 0 Å². The Morgan fingerprint density at radius 1 is 0.500 bits per heavy atom. The van der Waals surface area contributed by atoms with E-state index in [4.69, 9.17) is 10.2 Å². The molecule has 0 amide bonds. The highest BCUT2D eigenvalue weighted by Gasteiger charge is 2.16. The van der Waals surface area contributed by atoms with Crippen LogP contribution in [0.15, 0.2) is 0 Å². The van der Waals surface area contributed by atoms with Crippen molar-refractivity contribution in [2.75, 3.05) is 0 Å². The Labute approximate surface area is 124 Å². The molecule has 0 aromatic rings. The van der Waals surface area contributed by atoms with Gasteiger partial charge in [-0.25, -0.2) is 0 Å². The average Bonchev–Trinajstić information content (AvgIpc) is 2.40. The molecule has 0 aliphatic rings. The average molecular weight is 318 g/mol. The Morgan fingerprint density at radius 3 is 0.955 bits per heavy atom. The van der Waals surface area contributed by atoms with Crippen molar-refractivity contribution in [2.24, 2.45) is 0 Å². The molecular formula is C12H14O10. The minimum atomic E-state index is -1.23. The maximum absolute atomic E-state index is 11.1. The molecule has 2 N–H and O–H groups in total. The second-order valence-electron chi connectivity index (χ2n) is 3.98. The van der Waals surface area contributed by atoms with E-state index in [1.165, 1.54) is 0 Å². The Hall–Kier alpha value is -2.78. The molecule has 0 atom stereocenters. The fraction of sp³-hybridized carbons (Fsp3) is 0.500. The zero-order chi connectivity index (χ0) is 17.1. The van der Waals surface area contributed by atoms with Crippen molar-refractivity contribution in [2.45, 2.75) is 38.5 Å². The zero-order valence-corrected chi connectivity index (χ0v) is 11.4. The molecule has 0 unspecified atom stereocenters. The summed E-state index contributed by atoms with van der Waals surface area (Å²) in [5.74, 6) is -6.67. The fourth-order valence-electron chi connectivity index (χ4n) is 1.08. The van der Waals surface area contributed by atoms with E-state index in [0.717, 1.165) is 0 Å². The molecule has 122 valence electrons. The van der Waals surface area contributed by atoms with Gasteiger partial charge in [-0.1, -0.05) is 0 Å². The minimum absolute atomic E-state index is 0.487. The predicted octanol–water partition coefficient (Wildman–Crippen LogP) is -0.364. The third-order valence-electron chi connectivity index (χ3n) is 2.07. The molecule has 0 saturated carbocycles. The van der Waals surface area contributed by atoms with E-state index in [-0.39, 0.29) is 0 Å². The van der Waals surface area contributed by atoms with Crippen molar-refractivity contribution in [1.29, 1.82) is 0 Å². The molecule has 0 aliphatic carbocycles. The minimum Gasteiger partial charge on any atom is -0.481 e. The van der Waals surface area contributed by atoms with Gasteiger partial charge in [-0.3, -0.25) is 28.8 Å². The molecule has 0 fully saturated rings. The normalized spacial score (nSPS) is 9.64. The van der Waals surface area contributed by atoms with E-state index in [9.17, 15) is 28.8 Å². The SMILES string of the molecule is O=C(O)CCC(=O)OC(=O)CCC(=O)OC(=O)CCC(=O)O. The lowest BCUT2D eigenvalue weighted by Crippen LogP contribution is -2.17. The highest BCUT2D eigenvalue weighted by atomic mass is 16.6. The molecule has 22 heavy (non-hydrogen) atoms. The van der Waals surface area contributed by atoms with E-state index in [0.29, 0.717) is 0 Å². The number of carboxylic acids is 2. The van der Waals surface area contributed by atoms with Crippen molar-refractivity contribution in [3.05, 3.63) is 0 Å². The smallest absolute Gasteiger partial charge is 0.314 e. The third-order valence-corrected chi connectivity index (χ3v) is 2.07. The first-order valence-corrected chi connectivity index (χ1v) is 6.11. The Bertz CT molecular complexity index is 434. The predicted molar refractivity (Wildman–Crippen MR) is 65.2 cm³/mol. The van der Waals surface area contributed by atoms with Gasteiger partial charge >= 0.3 is 35.8 Å². The first-order chi connectivity index (χ1) is 10.2. The van der Waals surface area contributed by atoms with Gasteiger partial charge in [-0.05, 0) is 0 Å². The van der Waals surface area contributed by atoms with Crippen molar-refractivity contribution in [1.82, 2.24) is 0 Å². The molecule has 0 radical (unpaired) electrons. The first-order valence-electron chi connectivity index (χ1n) is 6.11. The van der Waals surface area contributed by atoms with E-state index in [1.54, 1.807) is 0 Å². The van der Waals surface area contributed by atoms with Gasteiger partial charge in [0.25, 0.3) is 0 Å². The highest BCUT2D eigenvalue weighted by molar-refractivity contribution is 5.91. The van der Waals surface area contributed by atoms with Crippen LogP contribution < -0.4 is 0 Å². The summed E-state index contributed by atoms with van der Waals surface area (Å²) < 4.78 is 8.45. The largest absolute Gasteiger partial charge is 0.481 e. The molecule has 0 aromatic heterocycles. The van der Waals surface area contributed by atoms with Crippen LogP contribution in [0, 0.1) is 0 Å². The van der Waals surface area contributed by atoms with Gasteiger partial charge in [-0.2, -0.15) is 0 Å². The number of aliphatic carboxylic acids is 2.